The molecule has 0 amide bonds. The first-order chi connectivity index (χ1) is 5.96. The van der Waals surface area contributed by atoms with Gasteiger partial charge >= 0.3 is 0 Å². The molecule has 72 valence electrons. The summed E-state index contributed by atoms with van der Waals surface area (Å²) in [6.45, 7) is 3.16. The van der Waals surface area contributed by atoms with Crippen molar-refractivity contribution in [1.29, 1.82) is 0 Å². The Bertz CT molecular complexity index is 377. The first-order valence-corrected chi connectivity index (χ1v) is 4.99. The van der Waals surface area contributed by atoms with Crippen LogP contribution in [0.2, 0.25) is 0 Å². The second kappa shape index (κ2) is 3.33. The van der Waals surface area contributed by atoms with Gasteiger partial charge in [0.25, 0.3) is 0 Å². The molecular weight excluding hydrogens is 188 g/mol. The minimum atomic E-state index is -2.58. The number of aromatic nitrogens is 1. The topological polar surface area (TPSA) is 73.0 Å². The fraction of sp³-hybridized carbons (Fsp3) is 0.375. The summed E-state index contributed by atoms with van der Waals surface area (Å²) in [5.74, 6) is 0. The molecule has 0 fully saturated rings. The van der Waals surface area contributed by atoms with Gasteiger partial charge in [-0.05, 0) is 26.0 Å². The Labute approximate surface area is 78.7 Å². The lowest BCUT2D eigenvalue weighted by atomic mass is 10.1. The largest absolute Gasteiger partial charge is 0.397 e. The van der Waals surface area contributed by atoms with Crippen molar-refractivity contribution in [3.05, 3.63) is 24.0 Å². The molecule has 13 heavy (non-hydrogen) atoms. The van der Waals surface area contributed by atoms with E-state index in [0.29, 0.717) is 11.4 Å². The lowest BCUT2D eigenvalue weighted by Gasteiger charge is -2.17. The zero-order valence-electron chi connectivity index (χ0n) is 7.52. The molecule has 0 aliphatic rings. The van der Waals surface area contributed by atoms with E-state index in [0.717, 1.165) is 0 Å². The van der Waals surface area contributed by atoms with E-state index >= 15 is 0 Å². The third-order valence-corrected chi connectivity index (χ3v) is 3.00. The fourth-order valence-corrected chi connectivity index (χ4v) is 1.38. The van der Waals surface area contributed by atoms with Crippen molar-refractivity contribution in [3.8, 4) is 0 Å². The van der Waals surface area contributed by atoms with Crippen LogP contribution in [0.1, 0.15) is 19.5 Å². The Morgan fingerprint density at radius 2 is 2.08 bits per heavy atom. The summed E-state index contributed by atoms with van der Waals surface area (Å²) in [7, 11) is -2.58. The Hall–Kier alpha value is -1.10. The third-order valence-electron chi connectivity index (χ3n) is 1.87. The summed E-state index contributed by atoms with van der Waals surface area (Å²) in [4.78, 5) is 3.96. The number of hydrogen-bond acceptors (Lipinski definition) is 4. The Balaban J connectivity index is 3.30. The number of rotatable bonds is 2. The van der Waals surface area contributed by atoms with Crippen LogP contribution in [-0.4, -0.2) is 13.4 Å². The van der Waals surface area contributed by atoms with E-state index in [2.05, 4.69) is 4.98 Å². The highest BCUT2D eigenvalue weighted by molar-refractivity contribution is 7.73. The zero-order valence-corrected chi connectivity index (χ0v) is 8.41. The summed E-state index contributed by atoms with van der Waals surface area (Å²) < 4.78 is 20.8. The number of thiol groups is 1. The monoisotopic (exact) mass is 200 g/mol. The van der Waals surface area contributed by atoms with Crippen molar-refractivity contribution in [3.63, 3.8) is 0 Å². The number of nitrogen functional groups attached to an aromatic ring is 1. The van der Waals surface area contributed by atoms with E-state index in [1.165, 1.54) is 6.20 Å². The molecule has 4 nitrogen and oxygen atoms in total. The van der Waals surface area contributed by atoms with Gasteiger partial charge in [-0.25, -0.2) is 8.42 Å². The van der Waals surface area contributed by atoms with Crippen molar-refractivity contribution < 1.29 is 8.42 Å². The van der Waals surface area contributed by atoms with Gasteiger partial charge in [-0.15, -0.1) is 0 Å². The van der Waals surface area contributed by atoms with Gasteiger partial charge in [0.1, 0.15) is 4.75 Å². The standard InChI is InChI=1S/C8H12N2O2S/c1-8(2,13(11)12)7-6(9)4-3-5-10-7/h3-5,13H,9H2,1-2H3. The van der Waals surface area contributed by atoms with Crippen molar-refractivity contribution in [2.45, 2.75) is 18.6 Å². The summed E-state index contributed by atoms with van der Waals surface area (Å²) in [6.07, 6.45) is 1.53. The van der Waals surface area contributed by atoms with Crippen molar-refractivity contribution in [2.75, 3.05) is 5.73 Å². The lowest BCUT2D eigenvalue weighted by molar-refractivity contribution is 0.572. The zero-order chi connectivity index (χ0) is 10.1. The van der Waals surface area contributed by atoms with E-state index in [4.69, 9.17) is 5.73 Å². The molecule has 0 saturated heterocycles. The van der Waals surface area contributed by atoms with E-state index in [9.17, 15) is 8.42 Å². The molecule has 0 aliphatic carbocycles. The molecule has 0 unspecified atom stereocenters. The highest BCUT2D eigenvalue weighted by Gasteiger charge is 2.27. The van der Waals surface area contributed by atoms with Gasteiger partial charge in [0, 0.05) is 6.20 Å². The molecule has 0 radical (unpaired) electrons. The molecule has 5 heteroatoms. The van der Waals surface area contributed by atoms with E-state index in [-0.39, 0.29) is 0 Å². The number of anilines is 1. The molecule has 0 spiro atoms. The van der Waals surface area contributed by atoms with Gasteiger partial charge < -0.3 is 5.73 Å². The minimum Gasteiger partial charge on any atom is -0.397 e. The smallest absolute Gasteiger partial charge is 0.151 e. The summed E-state index contributed by atoms with van der Waals surface area (Å²) >= 11 is 0. The number of nitrogens with zero attached hydrogens (tertiary/aromatic N) is 1. The Morgan fingerprint density at radius 1 is 1.46 bits per heavy atom. The van der Waals surface area contributed by atoms with Crippen LogP contribution in [0.15, 0.2) is 18.3 Å². The van der Waals surface area contributed by atoms with Crippen LogP contribution in [0.5, 0.6) is 0 Å². The molecule has 0 saturated carbocycles. The third kappa shape index (κ3) is 1.80. The molecular formula is C8H12N2O2S. The van der Waals surface area contributed by atoms with Gasteiger partial charge in [0.2, 0.25) is 0 Å². The van der Waals surface area contributed by atoms with Crippen LogP contribution in [0, 0.1) is 0 Å². The SMILES string of the molecule is CC(C)(c1ncccc1N)[SH](=O)=O. The molecule has 0 bridgehead atoms. The van der Waals surface area contributed by atoms with Crippen molar-refractivity contribution >= 4 is 16.4 Å². The molecule has 1 heterocycles. The van der Waals surface area contributed by atoms with E-state index < -0.39 is 15.5 Å². The van der Waals surface area contributed by atoms with Gasteiger partial charge in [-0.2, -0.15) is 0 Å². The summed E-state index contributed by atoms with van der Waals surface area (Å²) in [5.41, 5.74) is 6.43. The lowest BCUT2D eigenvalue weighted by Crippen LogP contribution is -2.22. The molecule has 1 aromatic rings. The fourth-order valence-electron chi connectivity index (χ4n) is 1.02. The quantitative estimate of drug-likeness (QED) is 0.682. The van der Waals surface area contributed by atoms with Crippen molar-refractivity contribution in [1.82, 2.24) is 4.98 Å². The normalized spacial score (nSPS) is 11.9. The van der Waals surface area contributed by atoms with Gasteiger partial charge in [-0.3, -0.25) is 4.98 Å². The highest BCUT2D eigenvalue weighted by atomic mass is 32.2. The predicted octanol–water partition coefficient (Wildman–Crippen LogP) is 0.510. The second-order valence-electron chi connectivity index (χ2n) is 3.26. The molecule has 0 aliphatic heterocycles. The van der Waals surface area contributed by atoms with Crippen LogP contribution in [0.25, 0.3) is 0 Å². The van der Waals surface area contributed by atoms with Gasteiger partial charge in [-0.1, -0.05) is 0 Å². The first-order valence-electron chi connectivity index (χ1n) is 3.81. The minimum absolute atomic E-state index is 0.408. The number of pyridine rings is 1. The van der Waals surface area contributed by atoms with E-state index in [1.54, 1.807) is 26.0 Å². The van der Waals surface area contributed by atoms with Crippen LogP contribution in [0.4, 0.5) is 5.69 Å². The van der Waals surface area contributed by atoms with Crippen LogP contribution < -0.4 is 5.73 Å². The number of hydrogen-bond donors (Lipinski definition) is 2. The predicted molar refractivity (Wildman–Crippen MR) is 52.0 cm³/mol. The number of nitrogens with two attached hydrogens (primary N) is 1. The molecule has 0 aromatic carbocycles. The van der Waals surface area contributed by atoms with Gasteiger partial charge in [0.05, 0.1) is 11.4 Å². The average molecular weight is 200 g/mol. The Morgan fingerprint density at radius 3 is 2.54 bits per heavy atom. The first kappa shape index (κ1) is 9.98. The van der Waals surface area contributed by atoms with Gasteiger partial charge in [0.15, 0.2) is 10.7 Å². The summed E-state index contributed by atoms with van der Waals surface area (Å²) in [5, 5.41) is 0. The second-order valence-corrected chi connectivity index (χ2v) is 4.89. The van der Waals surface area contributed by atoms with E-state index in [1.807, 2.05) is 0 Å². The summed E-state index contributed by atoms with van der Waals surface area (Å²) in [6, 6.07) is 3.32. The van der Waals surface area contributed by atoms with Crippen LogP contribution >= 0.6 is 0 Å². The van der Waals surface area contributed by atoms with Crippen LogP contribution in [-0.2, 0) is 15.5 Å². The Kier molecular flexibility index (Phi) is 2.56. The highest BCUT2D eigenvalue weighted by Crippen LogP contribution is 2.26. The maximum Gasteiger partial charge on any atom is 0.151 e. The molecule has 1 aromatic heterocycles. The molecule has 1 rings (SSSR count). The van der Waals surface area contributed by atoms with Crippen LogP contribution in [0.3, 0.4) is 0 Å². The molecule has 2 N–H and O–H groups in total. The maximum atomic E-state index is 10.9. The maximum absolute atomic E-state index is 10.9. The van der Waals surface area contributed by atoms with Crippen molar-refractivity contribution in [2.24, 2.45) is 0 Å². The average Bonchev–Trinajstić information content (AvgIpc) is 2.04. The molecule has 0 atom stereocenters.